The smallest absolute Gasteiger partial charge is 0.307 e. The van der Waals surface area contributed by atoms with Gasteiger partial charge < -0.3 is 5.32 Å². The molecule has 0 atom stereocenters. The second kappa shape index (κ2) is 5.75. The molecular weight excluding hydrogens is 271 g/mol. The Bertz CT molecular complexity index is 408. The molecule has 0 aliphatic heterocycles. The largest absolute Gasteiger partial charge is 0.446 e. The Balaban J connectivity index is 1.88. The number of benzene rings is 1. The van der Waals surface area contributed by atoms with Gasteiger partial charge in [0, 0.05) is 17.0 Å². The van der Waals surface area contributed by atoms with E-state index in [0.717, 1.165) is 5.56 Å². The van der Waals surface area contributed by atoms with Crippen LogP contribution in [0.2, 0.25) is 0 Å². The number of alkyl halides is 3. The zero-order chi connectivity index (χ0) is 13.9. The summed E-state index contributed by atoms with van der Waals surface area (Å²) in [5.74, 6) is 0. The normalized spacial score (nSPS) is 18.7. The molecule has 0 unspecified atom stereocenters. The lowest BCUT2D eigenvalue weighted by Crippen LogP contribution is -2.38. The number of nitrogens with one attached hydrogen (secondary N) is 1. The first kappa shape index (κ1) is 14.7. The van der Waals surface area contributed by atoms with Crippen LogP contribution in [-0.4, -0.2) is 11.0 Å². The molecule has 1 aliphatic carbocycles. The minimum atomic E-state index is -4.21. The Hall–Kier alpha value is -0.680. The number of halogens is 3. The molecule has 5 heteroatoms. The second-order valence-corrected chi connectivity index (χ2v) is 6.45. The molecule has 19 heavy (non-hydrogen) atoms. The topological polar surface area (TPSA) is 12.0 Å². The van der Waals surface area contributed by atoms with Gasteiger partial charge in [-0.3, -0.25) is 0 Å². The van der Waals surface area contributed by atoms with E-state index in [-0.39, 0.29) is 22.2 Å². The molecule has 0 heterocycles. The quantitative estimate of drug-likeness (QED) is 0.805. The molecule has 1 N–H and O–H groups in total. The van der Waals surface area contributed by atoms with Crippen LogP contribution in [0.15, 0.2) is 29.2 Å². The summed E-state index contributed by atoms with van der Waals surface area (Å²) in [6.07, 6.45) is 4.86. The highest BCUT2D eigenvalue weighted by atomic mass is 32.2. The summed E-state index contributed by atoms with van der Waals surface area (Å²) in [7, 11) is 0. The molecule has 0 saturated heterocycles. The molecule has 1 aromatic rings. The van der Waals surface area contributed by atoms with Gasteiger partial charge in [-0.2, -0.15) is 13.2 Å². The Labute approximate surface area is 116 Å². The third-order valence-electron chi connectivity index (χ3n) is 3.58. The molecule has 1 aliphatic rings. The molecule has 0 spiro atoms. The Morgan fingerprint density at radius 1 is 1.16 bits per heavy atom. The predicted octanol–water partition coefficient (Wildman–Crippen LogP) is 4.72. The van der Waals surface area contributed by atoms with Crippen molar-refractivity contribution in [2.24, 2.45) is 0 Å². The van der Waals surface area contributed by atoms with Gasteiger partial charge in [0.15, 0.2) is 0 Å². The molecule has 0 amide bonds. The number of thioether (sulfide) groups is 1. The third-order valence-corrected chi connectivity index (χ3v) is 4.32. The molecule has 0 aromatic heterocycles. The van der Waals surface area contributed by atoms with E-state index in [1.165, 1.54) is 37.8 Å². The Morgan fingerprint density at radius 2 is 1.74 bits per heavy atom. The van der Waals surface area contributed by atoms with Crippen LogP contribution >= 0.6 is 11.8 Å². The first-order valence-corrected chi connectivity index (χ1v) is 7.28. The highest BCUT2D eigenvalue weighted by Gasteiger charge is 2.29. The monoisotopic (exact) mass is 289 g/mol. The van der Waals surface area contributed by atoms with Gasteiger partial charge in [0.05, 0.1) is 0 Å². The molecule has 1 nitrogen and oxygen atoms in total. The van der Waals surface area contributed by atoms with Crippen molar-refractivity contribution in [3.05, 3.63) is 29.8 Å². The zero-order valence-electron chi connectivity index (χ0n) is 10.9. The van der Waals surface area contributed by atoms with E-state index in [1.54, 1.807) is 12.1 Å². The van der Waals surface area contributed by atoms with E-state index in [0.29, 0.717) is 6.54 Å². The molecule has 0 bridgehead atoms. The van der Waals surface area contributed by atoms with Crippen molar-refractivity contribution in [2.45, 2.75) is 55.1 Å². The van der Waals surface area contributed by atoms with Crippen LogP contribution in [0.4, 0.5) is 13.2 Å². The predicted molar refractivity (Wildman–Crippen MR) is 72.1 cm³/mol. The van der Waals surface area contributed by atoms with Crippen molar-refractivity contribution >= 4 is 11.8 Å². The highest BCUT2D eigenvalue weighted by Crippen LogP contribution is 2.36. The first-order chi connectivity index (χ1) is 8.86. The SMILES string of the molecule is CC1(NCc2ccc(SC(F)(F)F)cc2)CCCC1. The summed E-state index contributed by atoms with van der Waals surface area (Å²) in [6, 6.07) is 6.59. The van der Waals surface area contributed by atoms with Crippen molar-refractivity contribution in [1.82, 2.24) is 5.32 Å². The number of rotatable bonds is 4. The van der Waals surface area contributed by atoms with Crippen molar-refractivity contribution < 1.29 is 13.2 Å². The van der Waals surface area contributed by atoms with Gasteiger partial charge in [0.1, 0.15) is 0 Å². The molecular formula is C14H18F3NS. The summed E-state index contributed by atoms with van der Waals surface area (Å²) in [5.41, 5.74) is -2.99. The van der Waals surface area contributed by atoms with Gasteiger partial charge in [0.2, 0.25) is 0 Å². The summed E-state index contributed by atoms with van der Waals surface area (Å²) in [4.78, 5) is 0.239. The molecule has 0 radical (unpaired) electrons. The third kappa shape index (κ3) is 4.73. The van der Waals surface area contributed by atoms with E-state index in [1.807, 2.05) is 0 Å². The highest BCUT2D eigenvalue weighted by molar-refractivity contribution is 8.00. The number of hydrogen-bond donors (Lipinski definition) is 1. The minimum absolute atomic E-state index is 0.0683. The Morgan fingerprint density at radius 3 is 2.26 bits per heavy atom. The van der Waals surface area contributed by atoms with Gasteiger partial charge in [0.25, 0.3) is 0 Å². The second-order valence-electron chi connectivity index (χ2n) is 5.31. The summed E-state index contributed by atoms with van der Waals surface area (Å²) >= 11 is -0.0683. The van der Waals surface area contributed by atoms with Crippen molar-refractivity contribution in [3.63, 3.8) is 0 Å². The van der Waals surface area contributed by atoms with Crippen LogP contribution in [-0.2, 0) is 6.54 Å². The van der Waals surface area contributed by atoms with Crippen LogP contribution in [0.5, 0.6) is 0 Å². The fourth-order valence-electron chi connectivity index (χ4n) is 2.46. The van der Waals surface area contributed by atoms with Gasteiger partial charge >= 0.3 is 5.51 Å². The first-order valence-electron chi connectivity index (χ1n) is 6.46. The molecule has 1 fully saturated rings. The van der Waals surface area contributed by atoms with Crippen molar-refractivity contribution in [2.75, 3.05) is 0 Å². The van der Waals surface area contributed by atoms with E-state index >= 15 is 0 Å². The molecule has 1 aromatic carbocycles. The average Bonchev–Trinajstić information content (AvgIpc) is 2.74. The molecule has 2 rings (SSSR count). The summed E-state index contributed by atoms with van der Waals surface area (Å²) in [5, 5.41) is 3.51. The standard InChI is InChI=1S/C14H18F3NS/c1-13(8-2-3-9-13)18-10-11-4-6-12(7-5-11)19-14(15,16)17/h4-7,18H,2-3,8-10H2,1H3. The van der Waals surface area contributed by atoms with Gasteiger partial charge in [-0.15, -0.1) is 0 Å². The molecule has 106 valence electrons. The maximum Gasteiger partial charge on any atom is 0.446 e. The van der Waals surface area contributed by atoms with Crippen LogP contribution < -0.4 is 5.32 Å². The van der Waals surface area contributed by atoms with Crippen LogP contribution in [0.3, 0.4) is 0 Å². The van der Waals surface area contributed by atoms with Crippen LogP contribution in [0.25, 0.3) is 0 Å². The van der Waals surface area contributed by atoms with Crippen molar-refractivity contribution in [1.29, 1.82) is 0 Å². The fraction of sp³-hybridized carbons (Fsp3) is 0.571. The lowest BCUT2D eigenvalue weighted by Gasteiger charge is -2.25. The van der Waals surface area contributed by atoms with E-state index in [9.17, 15) is 13.2 Å². The van der Waals surface area contributed by atoms with Gasteiger partial charge in [-0.1, -0.05) is 25.0 Å². The molecule has 1 saturated carbocycles. The van der Waals surface area contributed by atoms with Gasteiger partial charge in [-0.25, -0.2) is 0 Å². The lowest BCUT2D eigenvalue weighted by atomic mass is 10.0. The van der Waals surface area contributed by atoms with Crippen LogP contribution in [0, 0.1) is 0 Å². The van der Waals surface area contributed by atoms with Gasteiger partial charge in [-0.05, 0) is 49.2 Å². The summed E-state index contributed by atoms with van der Waals surface area (Å²) in [6.45, 7) is 2.93. The number of hydrogen-bond acceptors (Lipinski definition) is 2. The lowest BCUT2D eigenvalue weighted by molar-refractivity contribution is -0.0328. The van der Waals surface area contributed by atoms with E-state index in [4.69, 9.17) is 0 Å². The van der Waals surface area contributed by atoms with E-state index in [2.05, 4.69) is 12.2 Å². The minimum Gasteiger partial charge on any atom is -0.307 e. The average molecular weight is 289 g/mol. The van der Waals surface area contributed by atoms with Crippen molar-refractivity contribution in [3.8, 4) is 0 Å². The summed E-state index contributed by atoms with van der Waals surface area (Å²) < 4.78 is 36.6. The maximum atomic E-state index is 12.2. The Kier molecular flexibility index (Phi) is 4.46. The maximum absolute atomic E-state index is 12.2. The van der Waals surface area contributed by atoms with E-state index < -0.39 is 5.51 Å². The van der Waals surface area contributed by atoms with Crippen LogP contribution in [0.1, 0.15) is 38.2 Å². The fourth-order valence-corrected chi connectivity index (χ4v) is 3.00. The zero-order valence-corrected chi connectivity index (χ0v) is 11.7.